The van der Waals surface area contributed by atoms with Crippen LogP contribution in [-0.4, -0.2) is 13.9 Å². The molecule has 1 heterocycles. The third kappa shape index (κ3) is 1.60. The molecular weight excluding hydrogens is 218 g/mol. The van der Waals surface area contributed by atoms with Gasteiger partial charge in [0.2, 0.25) is 6.79 Å². The van der Waals surface area contributed by atoms with Gasteiger partial charge in [0.25, 0.3) is 0 Å². The zero-order valence-corrected chi connectivity index (χ0v) is 9.30. The van der Waals surface area contributed by atoms with Crippen molar-refractivity contribution in [3.63, 3.8) is 0 Å². The van der Waals surface area contributed by atoms with E-state index >= 15 is 0 Å². The standard InChI is InChI=1S/C10H12ClNO3/c1-5(12)6-3-7-10(15-4-14-7)8(11)9(6)13-2/h3,5H,4,12H2,1-2H3. The minimum absolute atomic E-state index is 0.174. The van der Waals surface area contributed by atoms with E-state index in [2.05, 4.69) is 0 Å². The molecule has 4 nitrogen and oxygen atoms in total. The van der Waals surface area contributed by atoms with Crippen molar-refractivity contribution in [3.8, 4) is 17.2 Å². The Balaban J connectivity index is 2.61. The molecule has 1 aromatic carbocycles. The lowest BCUT2D eigenvalue weighted by molar-refractivity contribution is 0.174. The molecule has 0 amide bonds. The molecule has 1 unspecified atom stereocenters. The van der Waals surface area contributed by atoms with Gasteiger partial charge in [-0.25, -0.2) is 0 Å². The van der Waals surface area contributed by atoms with Gasteiger partial charge in [-0.3, -0.25) is 0 Å². The number of fused-ring (bicyclic) bond motifs is 1. The van der Waals surface area contributed by atoms with E-state index < -0.39 is 0 Å². The molecule has 0 saturated carbocycles. The van der Waals surface area contributed by atoms with Gasteiger partial charge in [0.15, 0.2) is 11.5 Å². The van der Waals surface area contributed by atoms with Crippen molar-refractivity contribution in [1.82, 2.24) is 0 Å². The van der Waals surface area contributed by atoms with Gasteiger partial charge in [0, 0.05) is 11.6 Å². The molecule has 82 valence electrons. The predicted octanol–water partition coefficient (Wildman–Crippen LogP) is 2.10. The van der Waals surface area contributed by atoms with E-state index in [9.17, 15) is 0 Å². The summed E-state index contributed by atoms with van der Waals surface area (Å²) in [4.78, 5) is 0. The van der Waals surface area contributed by atoms with E-state index in [4.69, 9.17) is 31.5 Å². The van der Waals surface area contributed by atoms with Crippen LogP contribution in [0.4, 0.5) is 0 Å². The van der Waals surface area contributed by atoms with Gasteiger partial charge < -0.3 is 19.9 Å². The number of rotatable bonds is 2. The Hall–Kier alpha value is -1.13. The Labute approximate surface area is 92.9 Å². The second kappa shape index (κ2) is 3.79. The van der Waals surface area contributed by atoms with Crippen molar-refractivity contribution in [2.75, 3.05) is 13.9 Å². The summed E-state index contributed by atoms with van der Waals surface area (Å²) in [6.45, 7) is 2.04. The van der Waals surface area contributed by atoms with Gasteiger partial charge in [-0.15, -0.1) is 0 Å². The van der Waals surface area contributed by atoms with Gasteiger partial charge in [0.05, 0.1) is 7.11 Å². The summed E-state index contributed by atoms with van der Waals surface area (Å²) in [7, 11) is 1.55. The average Bonchev–Trinajstić information content (AvgIpc) is 2.65. The fourth-order valence-corrected chi connectivity index (χ4v) is 1.88. The normalized spacial score (nSPS) is 15.2. The maximum Gasteiger partial charge on any atom is 0.231 e. The summed E-state index contributed by atoms with van der Waals surface area (Å²) in [5.41, 5.74) is 6.63. The van der Waals surface area contributed by atoms with Crippen LogP contribution in [0.3, 0.4) is 0 Å². The van der Waals surface area contributed by atoms with Crippen LogP contribution < -0.4 is 19.9 Å². The number of methoxy groups -OCH3 is 1. The van der Waals surface area contributed by atoms with Crippen LogP contribution in [0, 0.1) is 0 Å². The molecule has 0 radical (unpaired) electrons. The molecule has 0 aliphatic carbocycles. The molecule has 2 N–H and O–H groups in total. The summed E-state index contributed by atoms with van der Waals surface area (Å²) in [6, 6.07) is 1.63. The lowest BCUT2D eigenvalue weighted by atomic mass is 10.1. The average molecular weight is 230 g/mol. The second-order valence-electron chi connectivity index (χ2n) is 3.34. The Morgan fingerprint density at radius 3 is 2.87 bits per heavy atom. The monoisotopic (exact) mass is 229 g/mol. The van der Waals surface area contributed by atoms with Crippen molar-refractivity contribution >= 4 is 11.6 Å². The van der Waals surface area contributed by atoms with E-state index in [0.717, 1.165) is 5.56 Å². The van der Waals surface area contributed by atoms with E-state index in [0.29, 0.717) is 22.3 Å². The molecule has 0 bridgehead atoms. The molecule has 1 aliphatic rings. The summed E-state index contributed by atoms with van der Waals surface area (Å²) in [5, 5.41) is 0.416. The third-order valence-corrected chi connectivity index (χ3v) is 2.63. The summed E-state index contributed by atoms with van der Waals surface area (Å²) in [5.74, 6) is 1.70. The summed E-state index contributed by atoms with van der Waals surface area (Å²) >= 11 is 6.12. The Morgan fingerprint density at radius 2 is 2.27 bits per heavy atom. The van der Waals surface area contributed by atoms with Crippen molar-refractivity contribution in [2.24, 2.45) is 5.73 Å². The molecule has 1 aliphatic heterocycles. The van der Waals surface area contributed by atoms with Crippen molar-refractivity contribution < 1.29 is 14.2 Å². The Morgan fingerprint density at radius 1 is 1.53 bits per heavy atom. The van der Waals surface area contributed by atoms with E-state index in [-0.39, 0.29) is 12.8 Å². The predicted molar refractivity (Wildman–Crippen MR) is 56.7 cm³/mol. The SMILES string of the molecule is COc1c(C(C)N)cc2c(c1Cl)OCO2. The number of hydrogen-bond donors (Lipinski definition) is 1. The van der Waals surface area contributed by atoms with E-state index in [1.807, 2.05) is 6.92 Å². The molecular formula is C10H12ClNO3. The van der Waals surface area contributed by atoms with Crippen LogP contribution >= 0.6 is 11.6 Å². The van der Waals surface area contributed by atoms with Gasteiger partial charge >= 0.3 is 0 Å². The van der Waals surface area contributed by atoms with Gasteiger partial charge in [0.1, 0.15) is 10.8 Å². The highest BCUT2D eigenvalue weighted by Crippen LogP contribution is 2.47. The quantitative estimate of drug-likeness (QED) is 0.844. The molecule has 0 fully saturated rings. The highest BCUT2D eigenvalue weighted by molar-refractivity contribution is 6.34. The third-order valence-electron chi connectivity index (χ3n) is 2.28. The highest BCUT2D eigenvalue weighted by Gasteiger charge is 2.25. The first-order valence-corrected chi connectivity index (χ1v) is 4.94. The first-order chi connectivity index (χ1) is 7.15. The minimum Gasteiger partial charge on any atom is -0.495 e. The number of ether oxygens (including phenoxy) is 3. The fourth-order valence-electron chi connectivity index (χ4n) is 1.55. The second-order valence-corrected chi connectivity index (χ2v) is 3.71. The van der Waals surface area contributed by atoms with Crippen molar-refractivity contribution in [2.45, 2.75) is 13.0 Å². The van der Waals surface area contributed by atoms with Crippen LogP contribution in [0.2, 0.25) is 5.02 Å². The van der Waals surface area contributed by atoms with Crippen LogP contribution in [-0.2, 0) is 0 Å². The molecule has 0 aromatic heterocycles. The van der Waals surface area contributed by atoms with E-state index in [1.54, 1.807) is 13.2 Å². The number of halogens is 1. The van der Waals surface area contributed by atoms with E-state index in [1.165, 1.54) is 0 Å². The fraction of sp³-hybridized carbons (Fsp3) is 0.400. The van der Waals surface area contributed by atoms with Gasteiger partial charge in [-0.2, -0.15) is 0 Å². The zero-order valence-electron chi connectivity index (χ0n) is 8.54. The largest absolute Gasteiger partial charge is 0.495 e. The van der Waals surface area contributed by atoms with Crippen LogP contribution in [0.15, 0.2) is 6.07 Å². The zero-order chi connectivity index (χ0) is 11.0. The smallest absolute Gasteiger partial charge is 0.231 e. The van der Waals surface area contributed by atoms with Gasteiger partial charge in [-0.1, -0.05) is 11.6 Å². The molecule has 5 heteroatoms. The molecule has 15 heavy (non-hydrogen) atoms. The first-order valence-electron chi connectivity index (χ1n) is 4.56. The number of benzene rings is 1. The van der Waals surface area contributed by atoms with Gasteiger partial charge in [-0.05, 0) is 13.0 Å². The maximum atomic E-state index is 6.12. The van der Waals surface area contributed by atoms with Crippen LogP contribution in [0.1, 0.15) is 18.5 Å². The molecule has 0 saturated heterocycles. The van der Waals surface area contributed by atoms with Crippen molar-refractivity contribution in [3.05, 3.63) is 16.7 Å². The first kappa shape index (κ1) is 10.4. The molecule has 1 atom stereocenters. The minimum atomic E-state index is -0.174. The maximum absolute atomic E-state index is 6.12. The van der Waals surface area contributed by atoms with Crippen molar-refractivity contribution in [1.29, 1.82) is 0 Å². The summed E-state index contributed by atoms with van der Waals surface area (Å²) in [6.07, 6.45) is 0. The molecule has 0 spiro atoms. The number of hydrogen-bond acceptors (Lipinski definition) is 4. The highest BCUT2D eigenvalue weighted by atomic mass is 35.5. The van der Waals surface area contributed by atoms with Crippen LogP contribution in [0.5, 0.6) is 17.2 Å². The Kier molecular flexibility index (Phi) is 2.63. The Bertz CT molecular complexity index is 393. The lowest BCUT2D eigenvalue weighted by Gasteiger charge is -2.14. The summed E-state index contributed by atoms with van der Waals surface area (Å²) < 4.78 is 15.7. The topological polar surface area (TPSA) is 53.7 Å². The number of nitrogens with two attached hydrogens (primary N) is 1. The van der Waals surface area contributed by atoms with Crippen LogP contribution in [0.25, 0.3) is 0 Å². The molecule has 1 aromatic rings. The lowest BCUT2D eigenvalue weighted by Crippen LogP contribution is -2.07. The molecule has 2 rings (SSSR count).